The van der Waals surface area contributed by atoms with Crippen LogP contribution in [0.5, 0.6) is 0 Å². The maximum Gasteiger partial charge on any atom is 0.107 e. The molecule has 1 aromatic heterocycles. The fourth-order valence-corrected chi connectivity index (χ4v) is 4.42. The molecule has 0 bridgehead atoms. The van der Waals surface area contributed by atoms with Crippen molar-refractivity contribution < 1.29 is 0 Å². The predicted molar refractivity (Wildman–Crippen MR) is 89.7 cm³/mol. The SMILES string of the molecule is CC1CCCN(Cc2nc(C(C)C)c(CNC3CC3)s2)C1. The van der Waals surface area contributed by atoms with Crippen molar-refractivity contribution in [2.45, 2.75) is 71.5 Å². The van der Waals surface area contributed by atoms with Gasteiger partial charge in [0.25, 0.3) is 0 Å². The van der Waals surface area contributed by atoms with E-state index in [4.69, 9.17) is 4.98 Å². The van der Waals surface area contributed by atoms with Crippen LogP contribution in [0, 0.1) is 5.92 Å². The van der Waals surface area contributed by atoms with Crippen molar-refractivity contribution in [1.82, 2.24) is 15.2 Å². The number of hydrogen-bond acceptors (Lipinski definition) is 4. The van der Waals surface area contributed by atoms with E-state index in [1.165, 1.54) is 54.4 Å². The molecule has 0 amide bonds. The van der Waals surface area contributed by atoms with Crippen LogP contribution >= 0.6 is 11.3 Å². The number of likely N-dealkylation sites (tertiary alicyclic amines) is 1. The summed E-state index contributed by atoms with van der Waals surface area (Å²) < 4.78 is 0. The molecule has 2 aliphatic rings. The number of thiazole rings is 1. The van der Waals surface area contributed by atoms with Gasteiger partial charge in [-0.2, -0.15) is 0 Å². The van der Waals surface area contributed by atoms with E-state index < -0.39 is 0 Å². The maximum atomic E-state index is 4.96. The van der Waals surface area contributed by atoms with Gasteiger partial charge in [0.05, 0.1) is 12.2 Å². The van der Waals surface area contributed by atoms with E-state index in [9.17, 15) is 0 Å². The Balaban J connectivity index is 1.64. The van der Waals surface area contributed by atoms with Crippen LogP contribution in [0.3, 0.4) is 0 Å². The summed E-state index contributed by atoms with van der Waals surface area (Å²) in [5.41, 5.74) is 1.33. The zero-order valence-electron chi connectivity index (χ0n) is 13.7. The molecule has 1 aromatic rings. The van der Waals surface area contributed by atoms with Gasteiger partial charge in [-0.05, 0) is 44.1 Å². The molecule has 4 heteroatoms. The Bertz CT molecular complexity index is 465. The van der Waals surface area contributed by atoms with Crippen molar-refractivity contribution in [3.8, 4) is 0 Å². The Morgan fingerprint density at radius 3 is 2.81 bits per heavy atom. The molecule has 1 saturated heterocycles. The average molecular weight is 308 g/mol. The van der Waals surface area contributed by atoms with Gasteiger partial charge in [0.2, 0.25) is 0 Å². The third-order valence-corrected chi connectivity index (χ3v) is 5.60. The number of hydrogen-bond donors (Lipinski definition) is 1. The lowest BCUT2D eigenvalue weighted by molar-refractivity contribution is 0.176. The van der Waals surface area contributed by atoms with Crippen molar-refractivity contribution in [2.75, 3.05) is 13.1 Å². The molecule has 2 fully saturated rings. The molecule has 1 saturated carbocycles. The van der Waals surface area contributed by atoms with E-state index in [-0.39, 0.29) is 0 Å². The van der Waals surface area contributed by atoms with Crippen LogP contribution in [0.2, 0.25) is 0 Å². The third-order valence-electron chi connectivity index (χ3n) is 4.55. The molecule has 1 N–H and O–H groups in total. The van der Waals surface area contributed by atoms with E-state index in [2.05, 4.69) is 31.0 Å². The van der Waals surface area contributed by atoms with Crippen LogP contribution in [0.15, 0.2) is 0 Å². The topological polar surface area (TPSA) is 28.2 Å². The molecule has 118 valence electrons. The lowest BCUT2D eigenvalue weighted by Gasteiger charge is -2.29. The Morgan fingerprint density at radius 1 is 1.33 bits per heavy atom. The quantitative estimate of drug-likeness (QED) is 0.867. The predicted octanol–water partition coefficient (Wildman–Crippen LogP) is 3.75. The standard InChI is InChI=1S/C17H29N3S/c1-12(2)17-15(9-18-14-6-7-14)21-16(19-17)11-20-8-4-5-13(3)10-20/h12-14,18H,4-11H2,1-3H3. The highest BCUT2D eigenvalue weighted by Gasteiger charge is 2.23. The van der Waals surface area contributed by atoms with Crippen LogP contribution < -0.4 is 5.32 Å². The van der Waals surface area contributed by atoms with Crippen LogP contribution in [-0.4, -0.2) is 29.0 Å². The molecule has 1 atom stereocenters. The number of nitrogens with one attached hydrogen (secondary N) is 1. The number of rotatable bonds is 6. The molecule has 3 rings (SSSR count). The second-order valence-electron chi connectivity index (χ2n) is 7.21. The van der Waals surface area contributed by atoms with Gasteiger partial charge in [0.15, 0.2) is 0 Å². The van der Waals surface area contributed by atoms with Gasteiger partial charge in [0.1, 0.15) is 5.01 Å². The first-order valence-corrected chi connectivity index (χ1v) is 9.37. The van der Waals surface area contributed by atoms with Gasteiger partial charge in [-0.1, -0.05) is 20.8 Å². The molecule has 1 aliphatic carbocycles. The van der Waals surface area contributed by atoms with Gasteiger partial charge in [-0.25, -0.2) is 4.98 Å². The maximum absolute atomic E-state index is 4.96. The Labute approximate surface area is 133 Å². The molecule has 0 aromatic carbocycles. The summed E-state index contributed by atoms with van der Waals surface area (Å²) in [5.74, 6) is 1.38. The van der Waals surface area contributed by atoms with Crippen molar-refractivity contribution in [3.05, 3.63) is 15.6 Å². The minimum atomic E-state index is 0.534. The highest BCUT2D eigenvalue weighted by atomic mass is 32.1. The third kappa shape index (κ3) is 4.27. The Kier molecular flexibility index (Phi) is 4.97. The summed E-state index contributed by atoms with van der Waals surface area (Å²) in [4.78, 5) is 9.03. The van der Waals surface area contributed by atoms with Crippen LogP contribution in [0.25, 0.3) is 0 Å². The van der Waals surface area contributed by atoms with Crippen molar-refractivity contribution in [3.63, 3.8) is 0 Å². The van der Waals surface area contributed by atoms with E-state index in [1.54, 1.807) is 0 Å². The first kappa shape index (κ1) is 15.4. The highest BCUT2D eigenvalue weighted by Crippen LogP contribution is 2.28. The monoisotopic (exact) mass is 307 g/mol. The van der Waals surface area contributed by atoms with Gasteiger partial charge >= 0.3 is 0 Å². The van der Waals surface area contributed by atoms with Gasteiger partial charge < -0.3 is 5.32 Å². The zero-order chi connectivity index (χ0) is 14.8. The number of nitrogens with zero attached hydrogens (tertiary/aromatic N) is 2. The molecule has 1 aliphatic heterocycles. The molecule has 1 unspecified atom stereocenters. The largest absolute Gasteiger partial charge is 0.309 e. The average Bonchev–Trinajstić information content (AvgIpc) is 3.17. The zero-order valence-corrected chi connectivity index (χ0v) is 14.5. The minimum Gasteiger partial charge on any atom is -0.309 e. The lowest BCUT2D eigenvalue weighted by atomic mass is 10.0. The second kappa shape index (κ2) is 6.76. The fraction of sp³-hybridized carbons (Fsp3) is 0.824. The van der Waals surface area contributed by atoms with Crippen molar-refractivity contribution in [1.29, 1.82) is 0 Å². The molecule has 0 radical (unpaired) electrons. The van der Waals surface area contributed by atoms with Gasteiger partial charge in [0, 0.05) is 24.0 Å². The smallest absolute Gasteiger partial charge is 0.107 e. The number of piperidine rings is 1. The minimum absolute atomic E-state index is 0.534. The molecule has 21 heavy (non-hydrogen) atoms. The fourth-order valence-electron chi connectivity index (χ4n) is 3.21. The van der Waals surface area contributed by atoms with E-state index in [0.29, 0.717) is 5.92 Å². The van der Waals surface area contributed by atoms with E-state index in [0.717, 1.165) is 25.0 Å². The summed E-state index contributed by atoms with van der Waals surface area (Å²) in [6, 6.07) is 0.776. The Morgan fingerprint density at radius 2 is 2.14 bits per heavy atom. The summed E-state index contributed by atoms with van der Waals surface area (Å²) in [5, 5.41) is 4.97. The highest BCUT2D eigenvalue weighted by molar-refractivity contribution is 7.11. The van der Waals surface area contributed by atoms with Crippen molar-refractivity contribution in [2.24, 2.45) is 5.92 Å². The summed E-state index contributed by atoms with van der Waals surface area (Å²) in [7, 11) is 0. The molecular weight excluding hydrogens is 278 g/mol. The molecular formula is C17H29N3S. The first-order chi connectivity index (χ1) is 10.1. The van der Waals surface area contributed by atoms with Crippen LogP contribution in [0.1, 0.15) is 68.0 Å². The second-order valence-corrected chi connectivity index (χ2v) is 8.38. The normalized spacial score (nSPS) is 23.9. The summed E-state index contributed by atoms with van der Waals surface area (Å²) >= 11 is 1.94. The van der Waals surface area contributed by atoms with Crippen LogP contribution in [0.4, 0.5) is 0 Å². The molecule has 0 spiro atoms. The van der Waals surface area contributed by atoms with Gasteiger partial charge in [-0.15, -0.1) is 11.3 Å². The molecule has 3 nitrogen and oxygen atoms in total. The summed E-state index contributed by atoms with van der Waals surface area (Å²) in [6.45, 7) is 11.5. The van der Waals surface area contributed by atoms with Crippen LogP contribution in [-0.2, 0) is 13.1 Å². The van der Waals surface area contributed by atoms with Gasteiger partial charge in [-0.3, -0.25) is 4.90 Å². The number of aromatic nitrogens is 1. The Hall–Kier alpha value is -0.450. The lowest BCUT2D eigenvalue weighted by Crippen LogP contribution is -2.33. The first-order valence-electron chi connectivity index (χ1n) is 8.56. The van der Waals surface area contributed by atoms with E-state index >= 15 is 0 Å². The van der Waals surface area contributed by atoms with Crippen molar-refractivity contribution >= 4 is 11.3 Å². The summed E-state index contributed by atoms with van der Waals surface area (Å²) in [6.07, 6.45) is 5.45. The van der Waals surface area contributed by atoms with E-state index in [1.807, 2.05) is 11.3 Å². The molecule has 2 heterocycles.